The zero-order valence-electron chi connectivity index (χ0n) is 8.91. The van der Waals surface area contributed by atoms with Crippen LogP contribution in [0.1, 0.15) is 5.56 Å². The fourth-order valence-electron chi connectivity index (χ4n) is 1.68. The van der Waals surface area contributed by atoms with E-state index in [1.807, 2.05) is 0 Å². The van der Waals surface area contributed by atoms with Crippen LogP contribution < -0.4 is 0 Å². The topological polar surface area (TPSA) is 80.9 Å². The van der Waals surface area contributed by atoms with Gasteiger partial charge in [-0.05, 0) is 6.08 Å². The molecule has 1 aromatic rings. The van der Waals surface area contributed by atoms with Gasteiger partial charge in [-0.25, -0.2) is 0 Å². The first-order valence-corrected chi connectivity index (χ1v) is 5.08. The molecule has 0 saturated carbocycles. The highest BCUT2D eigenvalue weighted by Crippen LogP contribution is 2.27. The van der Waals surface area contributed by atoms with Crippen LogP contribution in [0.25, 0.3) is 5.76 Å². The standard InChI is InChI=1S/C13H12O4/c14-9-6-10(15)12(11(16)7-9)13(17)8-4-2-1-3-5-8/h1-7,10,14-17H. The van der Waals surface area contributed by atoms with Gasteiger partial charge in [0.2, 0.25) is 0 Å². The van der Waals surface area contributed by atoms with Crippen LogP contribution in [0.4, 0.5) is 0 Å². The predicted molar refractivity (Wildman–Crippen MR) is 63.4 cm³/mol. The summed E-state index contributed by atoms with van der Waals surface area (Å²) in [5, 5.41) is 38.5. The summed E-state index contributed by atoms with van der Waals surface area (Å²) in [7, 11) is 0. The molecular weight excluding hydrogens is 220 g/mol. The maximum atomic E-state index is 9.98. The summed E-state index contributed by atoms with van der Waals surface area (Å²) in [4.78, 5) is 0. The molecule has 1 aliphatic rings. The van der Waals surface area contributed by atoms with E-state index in [2.05, 4.69) is 0 Å². The molecule has 4 nitrogen and oxygen atoms in total. The number of aliphatic hydroxyl groups is 4. The van der Waals surface area contributed by atoms with Gasteiger partial charge in [0, 0.05) is 11.6 Å². The van der Waals surface area contributed by atoms with Crippen LogP contribution in [0, 0.1) is 0 Å². The zero-order chi connectivity index (χ0) is 12.4. The van der Waals surface area contributed by atoms with Crippen LogP contribution in [0.5, 0.6) is 0 Å². The van der Waals surface area contributed by atoms with E-state index in [4.69, 9.17) is 0 Å². The van der Waals surface area contributed by atoms with E-state index in [-0.39, 0.29) is 22.9 Å². The van der Waals surface area contributed by atoms with Gasteiger partial charge in [-0.15, -0.1) is 0 Å². The van der Waals surface area contributed by atoms with Crippen LogP contribution in [0.2, 0.25) is 0 Å². The molecule has 88 valence electrons. The van der Waals surface area contributed by atoms with Crippen LogP contribution in [-0.2, 0) is 0 Å². The van der Waals surface area contributed by atoms with Gasteiger partial charge in [0.15, 0.2) is 0 Å². The van der Waals surface area contributed by atoms with E-state index >= 15 is 0 Å². The van der Waals surface area contributed by atoms with Crippen LogP contribution in [0.15, 0.2) is 59.6 Å². The SMILES string of the molecule is OC1=CC(O)C(=C(O)c2ccccc2)C(O)=C1. The number of hydrogen-bond acceptors (Lipinski definition) is 4. The minimum atomic E-state index is -1.24. The van der Waals surface area contributed by atoms with Gasteiger partial charge in [-0.1, -0.05) is 30.3 Å². The Hall–Kier alpha value is -2.20. The molecule has 0 fully saturated rings. The first kappa shape index (κ1) is 11.3. The monoisotopic (exact) mass is 232 g/mol. The fraction of sp³-hybridized carbons (Fsp3) is 0.0769. The summed E-state index contributed by atoms with van der Waals surface area (Å²) in [6, 6.07) is 8.56. The van der Waals surface area contributed by atoms with E-state index in [1.165, 1.54) is 0 Å². The molecular formula is C13H12O4. The molecule has 0 bridgehead atoms. The molecule has 0 aliphatic heterocycles. The van der Waals surface area contributed by atoms with Gasteiger partial charge in [0.05, 0.1) is 5.57 Å². The van der Waals surface area contributed by atoms with E-state index in [0.717, 1.165) is 12.2 Å². The average molecular weight is 232 g/mol. The Labute approximate surface area is 98.1 Å². The molecule has 1 unspecified atom stereocenters. The molecule has 4 heteroatoms. The highest BCUT2D eigenvalue weighted by Gasteiger charge is 2.23. The number of aliphatic hydroxyl groups excluding tert-OH is 4. The molecule has 0 heterocycles. The van der Waals surface area contributed by atoms with Crippen LogP contribution in [-0.4, -0.2) is 26.5 Å². The summed E-state index contributed by atoms with van der Waals surface area (Å²) >= 11 is 0. The second-order valence-corrected chi connectivity index (χ2v) is 3.69. The summed E-state index contributed by atoms with van der Waals surface area (Å²) < 4.78 is 0. The average Bonchev–Trinajstić information content (AvgIpc) is 2.28. The summed E-state index contributed by atoms with van der Waals surface area (Å²) in [6.45, 7) is 0. The maximum absolute atomic E-state index is 9.98. The fourth-order valence-corrected chi connectivity index (χ4v) is 1.68. The molecule has 0 spiro atoms. The van der Waals surface area contributed by atoms with Gasteiger partial charge < -0.3 is 20.4 Å². The zero-order valence-corrected chi connectivity index (χ0v) is 8.91. The van der Waals surface area contributed by atoms with Gasteiger partial charge in [0.25, 0.3) is 0 Å². The van der Waals surface area contributed by atoms with Crippen molar-refractivity contribution in [3.05, 3.63) is 65.1 Å². The number of benzene rings is 1. The second kappa shape index (κ2) is 4.35. The van der Waals surface area contributed by atoms with Gasteiger partial charge in [-0.3, -0.25) is 0 Å². The van der Waals surface area contributed by atoms with Crippen molar-refractivity contribution in [3.63, 3.8) is 0 Å². The molecule has 1 atom stereocenters. The third kappa shape index (κ3) is 2.16. The summed E-state index contributed by atoms with van der Waals surface area (Å²) in [5.41, 5.74) is 0.463. The first-order valence-electron chi connectivity index (χ1n) is 5.08. The van der Waals surface area contributed by atoms with Crippen molar-refractivity contribution in [2.75, 3.05) is 0 Å². The van der Waals surface area contributed by atoms with E-state index < -0.39 is 6.10 Å². The molecule has 1 aromatic carbocycles. The lowest BCUT2D eigenvalue weighted by molar-refractivity contribution is 0.234. The number of rotatable bonds is 1. The first-order chi connectivity index (χ1) is 8.09. The van der Waals surface area contributed by atoms with Crippen molar-refractivity contribution in [2.45, 2.75) is 6.10 Å². The Morgan fingerprint density at radius 2 is 1.71 bits per heavy atom. The lowest BCUT2D eigenvalue weighted by Crippen LogP contribution is -2.16. The van der Waals surface area contributed by atoms with Crippen LogP contribution >= 0.6 is 0 Å². The normalized spacial score (nSPS) is 22.8. The number of allylic oxidation sites excluding steroid dienone is 1. The Kier molecular flexibility index (Phi) is 2.89. The van der Waals surface area contributed by atoms with Gasteiger partial charge >= 0.3 is 0 Å². The Balaban J connectivity index is 2.50. The third-order valence-corrected chi connectivity index (χ3v) is 2.49. The third-order valence-electron chi connectivity index (χ3n) is 2.49. The molecule has 17 heavy (non-hydrogen) atoms. The number of hydrogen-bond donors (Lipinski definition) is 4. The van der Waals surface area contributed by atoms with Crippen molar-refractivity contribution in [2.24, 2.45) is 0 Å². The van der Waals surface area contributed by atoms with E-state index in [0.29, 0.717) is 5.56 Å². The van der Waals surface area contributed by atoms with Crippen molar-refractivity contribution >= 4 is 5.76 Å². The minimum Gasteiger partial charge on any atom is -0.508 e. The highest BCUT2D eigenvalue weighted by atomic mass is 16.3. The lowest BCUT2D eigenvalue weighted by atomic mass is 9.97. The molecule has 2 rings (SSSR count). The van der Waals surface area contributed by atoms with Crippen molar-refractivity contribution in [1.29, 1.82) is 0 Å². The minimum absolute atomic E-state index is 0.0194. The molecule has 0 amide bonds. The van der Waals surface area contributed by atoms with Crippen molar-refractivity contribution < 1.29 is 20.4 Å². The van der Waals surface area contributed by atoms with Gasteiger partial charge in [0.1, 0.15) is 23.4 Å². The van der Waals surface area contributed by atoms with Crippen LogP contribution in [0.3, 0.4) is 0 Å². The Morgan fingerprint density at radius 3 is 2.29 bits per heavy atom. The molecule has 0 radical (unpaired) electrons. The lowest BCUT2D eigenvalue weighted by Gasteiger charge is -2.17. The quantitative estimate of drug-likeness (QED) is 0.559. The Bertz CT molecular complexity index is 511. The second-order valence-electron chi connectivity index (χ2n) is 3.69. The van der Waals surface area contributed by atoms with E-state index in [1.54, 1.807) is 30.3 Å². The highest BCUT2D eigenvalue weighted by molar-refractivity contribution is 5.68. The van der Waals surface area contributed by atoms with Crippen molar-refractivity contribution in [3.8, 4) is 0 Å². The molecule has 0 saturated heterocycles. The molecule has 0 aromatic heterocycles. The Morgan fingerprint density at radius 1 is 1.06 bits per heavy atom. The largest absolute Gasteiger partial charge is 0.508 e. The summed E-state index contributed by atoms with van der Waals surface area (Å²) in [6.07, 6.45) is 0.968. The molecule has 4 N–H and O–H groups in total. The maximum Gasteiger partial charge on any atom is 0.132 e. The molecule has 1 aliphatic carbocycles. The predicted octanol–water partition coefficient (Wildman–Crippen LogP) is 2.21. The summed E-state index contributed by atoms with van der Waals surface area (Å²) in [5.74, 6) is -0.797. The van der Waals surface area contributed by atoms with E-state index in [9.17, 15) is 20.4 Å². The van der Waals surface area contributed by atoms with Gasteiger partial charge in [-0.2, -0.15) is 0 Å². The van der Waals surface area contributed by atoms with Crippen molar-refractivity contribution in [1.82, 2.24) is 0 Å². The smallest absolute Gasteiger partial charge is 0.132 e.